The molecule has 2 aliphatic heterocycles. The minimum atomic E-state index is 0.0201. The third kappa shape index (κ3) is 2.53. The van der Waals surface area contributed by atoms with Gasteiger partial charge in [0.05, 0.1) is 0 Å². The first-order valence-electron chi connectivity index (χ1n) is 8.32. The summed E-state index contributed by atoms with van der Waals surface area (Å²) in [6, 6.07) is 7.52. The smallest absolute Gasteiger partial charge is 0.251 e. The van der Waals surface area contributed by atoms with Crippen LogP contribution in [0.2, 0.25) is 0 Å². The quantitative estimate of drug-likeness (QED) is 0.850. The Morgan fingerprint density at radius 3 is 3.04 bits per heavy atom. The average molecular weight is 320 g/mol. The molecule has 1 unspecified atom stereocenters. The Labute approximate surface area is 141 Å². The molecular weight excluding hydrogens is 300 g/mol. The minimum Gasteiger partial charge on any atom is -0.351 e. The number of fused-ring (bicyclic) bond motifs is 2. The fraction of sp³-hybridized carbons (Fsp3) is 0.300. The highest BCUT2D eigenvalue weighted by Gasteiger charge is 2.34. The molecule has 4 heteroatoms. The number of likely N-dealkylation sites (tertiary alicyclic amines) is 1. The van der Waals surface area contributed by atoms with Crippen molar-refractivity contribution in [2.45, 2.75) is 6.42 Å². The molecule has 1 atom stereocenters. The van der Waals surface area contributed by atoms with Crippen molar-refractivity contribution in [3.05, 3.63) is 64.3 Å². The van der Waals surface area contributed by atoms with Gasteiger partial charge in [-0.2, -0.15) is 0 Å². The summed E-state index contributed by atoms with van der Waals surface area (Å²) in [4.78, 5) is 25.9. The Morgan fingerprint density at radius 2 is 2.21 bits per heavy atom. The van der Waals surface area contributed by atoms with E-state index in [1.165, 1.54) is 11.1 Å². The van der Waals surface area contributed by atoms with Crippen molar-refractivity contribution < 1.29 is 9.59 Å². The van der Waals surface area contributed by atoms with Gasteiger partial charge in [-0.15, -0.1) is 0 Å². The van der Waals surface area contributed by atoms with Crippen molar-refractivity contribution in [2.75, 3.05) is 26.7 Å². The molecule has 0 aromatic heterocycles. The molecule has 1 aromatic carbocycles. The van der Waals surface area contributed by atoms with Crippen molar-refractivity contribution in [3.63, 3.8) is 0 Å². The third-order valence-corrected chi connectivity index (χ3v) is 5.11. The lowest BCUT2D eigenvalue weighted by atomic mass is 9.85. The SMILES string of the molecule is CN1CC2=C3CC=C(c4cccc(C=O)c4)C=C3C(=O)NCC2C1. The second-order valence-electron chi connectivity index (χ2n) is 6.77. The van der Waals surface area contributed by atoms with Gasteiger partial charge in [-0.25, -0.2) is 0 Å². The molecule has 1 aliphatic carbocycles. The van der Waals surface area contributed by atoms with E-state index in [0.29, 0.717) is 11.5 Å². The van der Waals surface area contributed by atoms with Crippen LogP contribution in [0.5, 0.6) is 0 Å². The number of benzene rings is 1. The van der Waals surface area contributed by atoms with Gasteiger partial charge >= 0.3 is 0 Å². The Kier molecular flexibility index (Phi) is 3.69. The standard InChI is InChI=1S/C20H20N2O2/c1-22-10-16-9-21-20(24)18-8-15(5-6-17(18)19(16)11-22)14-4-2-3-13(7-14)12-23/h2-5,7-8,12,16H,6,9-11H2,1H3,(H,21,24). The summed E-state index contributed by atoms with van der Waals surface area (Å²) in [6.45, 7) is 2.66. The molecule has 4 rings (SSSR count). The number of nitrogens with zero attached hydrogens (tertiary/aromatic N) is 1. The topological polar surface area (TPSA) is 49.4 Å². The summed E-state index contributed by atoms with van der Waals surface area (Å²) in [5.41, 5.74) is 6.02. The first-order chi connectivity index (χ1) is 11.7. The van der Waals surface area contributed by atoms with E-state index in [0.717, 1.165) is 49.1 Å². The van der Waals surface area contributed by atoms with Gasteiger partial charge in [0.1, 0.15) is 6.29 Å². The van der Waals surface area contributed by atoms with Gasteiger partial charge in [0, 0.05) is 36.7 Å². The van der Waals surface area contributed by atoms with Gasteiger partial charge in [-0.05, 0) is 47.9 Å². The predicted molar refractivity (Wildman–Crippen MR) is 93.5 cm³/mol. The molecule has 2 heterocycles. The molecule has 0 bridgehead atoms. The Bertz CT molecular complexity index is 817. The summed E-state index contributed by atoms with van der Waals surface area (Å²) < 4.78 is 0. The van der Waals surface area contributed by atoms with Gasteiger partial charge in [-0.3, -0.25) is 9.59 Å². The van der Waals surface area contributed by atoms with Gasteiger partial charge in [0.2, 0.25) is 0 Å². The summed E-state index contributed by atoms with van der Waals surface area (Å²) in [7, 11) is 2.13. The molecule has 1 amide bonds. The summed E-state index contributed by atoms with van der Waals surface area (Å²) in [5.74, 6) is 0.444. The maximum absolute atomic E-state index is 12.6. The van der Waals surface area contributed by atoms with Crippen LogP contribution in [0, 0.1) is 5.92 Å². The van der Waals surface area contributed by atoms with Crippen LogP contribution in [0.4, 0.5) is 0 Å². The second kappa shape index (κ2) is 5.87. The van der Waals surface area contributed by atoms with Gasteiger partial charge in [0.15, 0.2) is 0 Å². The van der Waals surface area contributed by atoms with Crippen LogP contribution in [-0.2, 0) is 4.79 Å². The highest BCUT2D eigenvalue weighted by molar-refractivity contribution is 6.02. The molecule has 1 N–H and O–H groups in total. The Balaban J connectivity index is 1.76. The van der Waals surface area contributed by atoms with Crippen LogP contribution < -0.4 is 5.32 Å². The fourth-order valence-electron chi connectivity index (χ4n) is 3.93. The van der Waals surface area contributed by atoms with Crippen LogP contribution in [0.1, 0.15) is 22.3 Å². The number of likely N-dealkylation sites (N-methyl/N-ethyl adjacent to an activating group) is 1. The molecule has 122 valence electrons. The zero-order valence-electron chi connectivity index (χ0n) is 13.7. The number of amides is 1. The molecule has 0 radical (unpaired) electrons. The van der Waals surface area contributed by atoms with E-state index in [9.17, 15) is 9.59 Å². The van der Waals surface area contributed by atoms with E-state index in [4.69, 9.17) is 0 Å². The Morgan fingerprint density at radius 1 is 1.33 bits per heavy atom. The van der Waals surface area contributed by atoms with Crippen LogP contribution in [0.25, 0.3) is 5.57 Å². The Hall–Kier alpha value is -2.46. The summed E-state index contributed by atoms with van der Waals surface area (Å²) in [6.07, 6.45) is 5.78. The van der Waals surface area contributed by atoms with Gasteiger partial charge in [0.25, 0.3) is 5.91 Å². The molecule has 1 saturated heterocycles. The maximum atomic E-state index is 12.6. The van der Waals surface area contributed by atoms with Crippen LogP contribution >= 0.6 is 0 Å². The molecule has 24 heavy (non-hydrogen) atoms. The molecule has 3 aliphatic rings. The van der Waals surface area contributed by atoms with Gasteiger partial charge in [-0.1, -0.05) is 24.3 Å². The lowest BCUT2D eigenvalue weighted by molar-refractivity contribution is -0.117. The molecule has 1 aromatic rings. The van der Waals surface area contributed by atoms with E-state index in [-0.39, 0.29) is 5.91 Å². The van der Waals surface area contributed by atoms with E-state index in [1.807, 2.05) is 24.3 Å². The number of nitrogens with one attached hydrogen (secondary N) is 1. The van der Waals surface area contributed by atoms with E-state index >= 15 is 0 Å². The average Bonchev–Trinajstić information content (AvgIpc) is 2.94. The molecule has 4 nitrogen and oxygen atoms in total. The van der Waals surface area contributed by atoms with Crippen molar-refractivity contribution in [1.82, 2.24) is 10.2 Å². The van der Waals surface area contributed by atoms with E-state index in [1.54, 1.807) is 6.07 Å². The summed E-state index contributed by atoms with van der Waals surface area (Å²) >= 11 is 0. The zero-order valence-corrected chi connectivity index (χ0v) is 13.7. The van der Waals surface area contributed by atoms with Gasteiger partial charge < -0.3 is 10.2 Å². The molecular formula is C20H20N2O2. The number of hydrogen-bond acceptors (Lipinski definition) is 3. The predicted octanol–water partition coefficient (Wildman–Crippen LogP) is 2.20. The monoisotopic (exact) mass is 320 g/mol. The van der Waals surface area contributed by atoms with Crippen molar-refractivity contribution in [2.24, 2.45) is 5.92 Å². The van der Waals surface area contributed by atoms with Crippen LogP contribution in [0.15, 0.2) is 53.1 Å². The van der Waals surface area contributed by atoms with Crippen molar-refractivity contribution in [3.8, 4) is 0 Å². The number of aldehydes is 1. The number of carbonyl (C=O) groups is 2. The number of rotatable bonds is 2. The largest absolute Gasteiger partial charge is 0.351 e. The minimum absolute atomic E-state index is 0.0201. The van der Waals surface area contributed by atoms with Crippen LogP contribution in [-0.4, -0.2) is 43.8 Å². The maximum Gasteiger partial charge on any atom is 0.251 e. The van der Waals surface area contributed by atoms with Crippen LogP contribution in [0.3, 0.4) is 0 Å². The van der Waals surface area contributed by atoms with E-state index in [2.05, 4.69) is 23.3 Å². The normalized spacial score (nSPS) is 23.7. The molecule has 1 fully saturated rings. The molecule has 0 spiro atoms. The number of hydrogen-bond donors (Lipinski definition) is 1. The third-order valence-electron chi connectivity index (χ3n) is 5.11. The van der Waals surface area contributed by atoms with Crippen molar-refractivity contribution >= 4 is 17.8 Å². The lowest BCUT2D eigenvalue weighted by Crippen LogP contribution is -2.30. The van der Waals surface area contributed by atoms with Crippen molar-refractivity contribution in [1.29, 1.82) is 0 Å². The second-order valence-corrected chi connectivity index (χ2v) is 6.77. The summed E-state index contributed by atoms with van der Waals surface area (Å²) in [5, 5.41) is 3.07. The highest BCUT2D eigenvalue weighted by atomic mass is 16.1. The lowest BCUT2D eigenvalue weighted by Gasteiger charge is -2.18. The number of allylic oxidation sites excluding steroid dienone is 3. The first-order valence-corrected chi connectivity index (χ1v) is 8.32. The van der Waals surface area contributed by atoms with E-state index < -0.39 is 0 Å². The fourth-order valence-corrected chi connectivity index (χ4v) is 3.93. The first kappa shape index (κ1) is 15.1. The number of carbonyl (C=O) groups excluding carboxylic acids is 2. The zero-order chi connectivity index (χ0) is 16.7. The highest BCUT2D eigenvalue weighted by Crippen LogP contribution is 2.37. The molecule has 0 saturated carbocycles.